The maximum atomic E-state index is 11.9. The highest BCUT2D eigenvalue weighted by Gasteiger charge is 2.09. The van der Waals surface area contributed by atoms with E-state index in [2.05, 4.69) is 12.2 Å². The minimum atomic E-state index is -3.10. The second-order valence-corrected chi connectivity index (χ2v) is 8.20. The summed E-state index contributed by atoms with van der Waals surface area (Å²) in [6, 6.07) is 6.26. The average molecular weight is 369 g/mol. The lowest BCUT2D eigenvalue weighted by Gasteiger charge is -2.07. The van der Waals surface area contributed by atoms with Crippen LogP contribution in [0.3, 0.4) is 0 Å². The van der Waals surface area contributed by atoms with Crippen molar-refractivity contribution in [1.29, 1.82) is 0 Å². The number of hydrogen-bond donors (Lipinski definition) is 1. The number of benzene rings is 1. The Balaban J connectivity index is 2.27. The summed E-state index contributed by atoms with van der Waals surface area (Å²) in [7, 11) is -3.10. The minimum Gasteiger partial charge on any atom is -0.460 e. The van der Waals surface area contributed by atoms with Crippen LogP contribution in [0.1, 0.15) is 54.9 Å². The van der Waals surface area contributed by atoms with E-state index in [0.717, 1.165) is 31.9 Å². The molecule has 1 rings (SSSR count). The Hall–Kier alpha value is -1.89. The summed E-state index contributed by atoms with van der Waals surface area (Å²) in [4.78, 5) is 23.4. The number of rotatable bonds is 11. The van der Waals surface area contributed by atoms with Crippen LogP contribution in [-0.4, -0.2) is 39.7 Å². The van der Waals surface area contributed by atoms with E-state index in [4.69, 9.17) is 4.74 Å². The molecule has 1 amide bonds. The van der Waals surface area contributed by atoms with Crippen molar-refractivity contribution in [1.82, 2.24) is 5.32 Å². The van der Waals surface area contributed by atoms with Gasteiger partial charge in [0.15, 0.2) is 9.84 Å². The predicted molar refractivity (Wildman–Crippen MR) is 97.0 cm³/mol. The first-order valence-electron chi connectivity index (χ1n) is 8.52. The molecule has 6 nitrogen and oxygen atoms in total. The predicted octanol–water partition coefficient (Wildman–Crippen LogP) is 2.47. The molecular weight excluding hydrogens is 342 g/mol. The molecule has 0 spiro atoms. The van der Waals surface area contributed by atoms with Gasteiger partial charge in [0.05, 0.1) is 17.9 Å². The van der Waals surface area contributed by atoms with Gasteiger partial charge in [-0.25, -0.2) is 13.2 Å². The van der Waals surface area contributed by atoms with Crippen LogP contribution >= 0.6 is 0 Å². The Labute approximate surface area is 149 Å². The van der Waals surface area contributed by atoms with E-state index in [1.807, 2.05) is 0 Å². The lowest BCUT2D eigenvalue weighted by molar-refractivity contribution is -0.121. The molecule has 0 aliphatic heterocycles. The van der Waals surface area contributed by atoms with Gasteiger partial charge in [-0.3, -0.25) is 4.79 Å². The maximum Gasteiger partial charge on any atom is 0.338 e. The standard InChI is InChI=1S/C18H27NO5S/c1-3-4-5-6-7-17(20)19-12-13-24-18(21)16-10-8-15(9-11-16)14-25(2,22)23/h8-11H,3-7,12-14H2,1-2H3,(H,19,20). The normalized spacial score (nSPS) is 11.1. The van der Waals surface area contributed by atoms with E-state index in [0.29, 0.717) is 17.5 Å². The third kappa shape index (κ3) is 9.86. The SMILES string of the molecule is CCCCCCC(=O)NCCOC(=O)c1ccc(CS(C)(=O)=O)cc1. The molecule has 0 fully saturated rings. The van der Waals surface area contributed by atoms with Crippen LogP contribution in [0.2, 0.25) is 0 Å². The van der Waals surface area contributed by atoms with E-state index in [1.54, 1.807) is 12.1 Å². The van der Waals surface area contributed by atoms with Crippen molar-refractivity contribution in [3.05, 3.63) is 35.4 Å². The molecule has 25 heavy (non-hydrogen) atoms. The van der Waals surface area contributed by atoms with Crippen molar-refractivity contribution >= 4 is 21.7 Å². The largest absolute Gasteiger partial charge is 0.460 e. The van der Waals surface area contributed by atoms with Gasteiger partial charge in [0, 0.05) is 12.7 Å². The molecule has 0 aliphatic carbocycles. The molecule has 0 radical (unpaired) electrons. The molecule has 0 heterocycles. The second-order valence-electron chi connectivity index (χ2n) is 6.06. The molecule has 0 saturated heterocycles. The van der Waals surface area contributed by atoms with Crippen LogP contribution in [0.15, 0.2) is 24.3 Å². The molecular formula is C18H27NO5S. The zero-order valence-corrected chi connectivity index (χ0v) is 15.7. The quantitative estimate of drug-likeness (QED) is 0.478. The number of ether oxygens (including phenoxy) is 1. The highest BCUT2D eigenvalue weighted by Crippen LogP contribution is 2.09. The van der Waals surface area contributed by atoms with Gasteiger partial charge >= 0.3 is 5.97 Å². The molecule has 0 saturated carbocycles. The molecule has 0 aromatic heterocycles. The number of esters is 1. The molecule has 0 atom stereocenters. The number of sulfone groups is 1. The molecule has 7 heteroatoms. The zero-order chi connectivity index (χ0) is 18.7. The lowest BCUT2D eigenvalue weighted by atomic mass is 10.1. The average Bonchev–Trinajstić information content (AvgIpc) is 2.54. The molecule has 1 aromatic carbocycles. The topological polar surface area (TPSA) is 89.5 Å². The first kappa shape index (κ1) is 21.2. The first-order valence-corrected chi connectivity index (χ1v) is 10.6. The van der Waals surface area contributed by atoms with Gasteiger partial charge in [-0.2, -0.15) is 0 Å². The number of carbonyl (C=O) groups is 2. The van der Waals surface area contributed by atoms with Gasteiger partial charge < -0.3 is 10.1 Å². The molecule has 0 aliphatic rings. The summed E-state index contributed by atoms with van der Waals surface area (Å²) in [5.41, 5.74) is 0.970. The van der Waals surface area contributed by atoms with Crippen molar-refractivity contribution in [2.75, 3.05) is 19.4 Å². The first-order chi connectivity index (χ1) is 11.8. The van der Waals surface area contributed by atoms with E-state index < -0.39 is 15.8 Å². The van der Waals surface area contributed by atoms with E-state index in [9.17, 15) is 18.0 Å². The highest BCUT2D eigenvalue weighted by molar-refractivity contribution is 7.89. The summed E-state index contributed by atoms with van der Waals surface area (Å²) in [5.74, 6) is -0.590. The Kier molecular flexibility index (Phi) is 9.20. The number of amides is 1. The van der Waals surface area contributed by atoms with Crippen molar-refractivity contribution in [3.63, 3.8) is 0 Å². The van der Waals surface area contributed by atoms with Crippen LogP contribution in [0.5, 0.6) is 0 Å². The third-order valence-corrected chi connectivity index (χ3v) is 4.39. The smallest absolute Gasteiger partial charge is 0.338 e. The van der Waals surface area contributed by atoms with Gasteiger partial charge in [0.2, 0.25) is 5.91 Å². The van der Waals surface area contributed by atoms with E-state index >= 15 is 0 Å². The number of carbonyl (C=O) groups excluding carboxylic acids is 2. The van der Waals surface area contributed by atoms with Crippen molar-refractivity contribution < 1.29 is 22.7 Å². The fourth-order valence-corrected chi connectivity index (χ4v) is 3.06. The fraction of sp³-hybridized carbons (Fsp3) is 0.556. The van der Waals surface area contributed by atoms with Gasteiger partial charge in [0.25, 0.3) is 0 Å². The highest BCUT2D eigenvalue weighted by atomic mass is 32.2. The van der Waals surface area contributed by atoms with Crippen LogP contribution in [0.4, 0.5) is 0 Å². The summed E-state index contributed by atoms with van der Waals surface area (Å²) in [5, 5.41) is 2.72. The van der Waals surface area contributed by atoms with Gasteiger partial charge in [-0.15, -0.1) is 0 Å². The fourth-order valence-electron chi connectivity index (χ4n) is 2.26. The molecule has 1 aromatic rings. The van der Waals surface area contributed by atoms with E-state index in [1.165, 1.54) is 12.1 Å². The summed E-state index contributed by atoms with van der Waals surface area (Å²) < 4.78 is 27.5. The minimum absolute atomic E-state index is 0.0303. The van der Waals surface area contributed by atoms with Crippen molar-refractivity contribution in [2.45, 2.75) is 44.8 Å². The Morgan fingerprint density at radius 3 is 2.36 bits per heavy atom. The van der Waals surface area contributed by atoms with Crippen LogP contribution in [-0.2, 0) is 25.1 Å². The lowest BCUT2D eigenvalue weighted by Crippen LogP contribution is -2.27. The Bertz CT molecular complexity index is 653. The van der Waals surface area contributed by atoms with Crippen LogP contribution < -0.4 is 5.32 Å². The molecule has 0 bridgehead atoms. The third-order valence-electron chi connectivity index (χ3n) is 3.53. The summed E-state index contributed by atoms with van der Waals surface area (Å²) in [6.45, 7) is 2.50. The zero-order valence-electron chi connectivity index (χ0n) is 14.9. The number of nitrogens with one attached hydrogen (secondary N) is 1. The Morgan fingerprint density at radius 1 is 1.08 bits per heavy atom. The van der Waals surface area contributed by atoms with Gasteiger partial charge in [-0.1, -0.05) is 38.3 Å². The molecule has 140 valence electrons. The molecule has 0 unspecified atom stereocenters. The van der Waals surface area contributed by atoms with E-state index in [-0.39, 0.29) is 24.8 Å². The maximum absolute atomic E-state index is 11.9. The van der Waals surface area contributed by atoms with Gasteiger partial charge in [-0.05, 0) is 24.1 Å². The van der Waals surface area contributed by atoms with Crippen molar-refractivity contribution in [2.24, 2.45) is 0 Å². The summed E-state index contributed by atoms with van der Waals surface area (Å²) >= 11 is 0. The summed E-state index contributed by atoms with van der Waals surface area (Å²) in [6.07, 6.45) is 5.84. The second kappa shape index (κ2) is 10.9. The number of unbranched alkanes of at least 4 members (excludes halogenated alkanes) is 3. The Morgan fingerprint density at radius 2 is 1.76 bits per heavy atom. The molecule has 1 N–H and O–H groups in total. The number of hydrogen-bond acceptors (Lipinski definition) is 5. The van der Waals surface area contributed by atoms with Gasteiger partial charge in [0.1, 0.15) is 6.61 Å². The van der Waals surface area contributed by atoms with Crippen LogP contribution in [0, 0.1) is 0 Å². The van der Waals surface area contributed by atoms with Crippen LogP contribution in [0.25, 0.3) is 0 Å². The monoisotopic (exact) mass is 369 g/mol. The van der Waals surface area contributed by atoms with Crippen molar-refractivity contribution in [3.8, 4) is 0 Å².